The molecule has 1 nitrogen and oxygen atoms in total. The highest BCUT2D eigenvalue weighted by Crippen LogP contribution is 2.10. The van der Waals surface area contributed by atoms with Crippen LogP contribution >= 0.6 is 0 Å². The zero-order valence-corrected chi connectivity index (χ0v) is 7.78. The van der Waals surface area contributed by atoms with E-state index in [0.29, 0.717) is 0 Å². The Morgan fingerprint density at radius 3 is 2.11 bits per heavy atom. The summed E-state index contributed by atoms with van der Waals surface area (Å²) in [6, 6.07) is 1.07. The van der Waals surface area contributed by atoms with Crippen LogP contribution in [0.4, 0.5) is 0 Å². The molecule has 0 bridgehead atoms. The van der Waals surface area contributed by atoms with E-state index < -0.39 is 8.32 Å². The van der Waals surface area contributed by atoms with Crippen molar-refractivity contribution in [3.05, 3.63) is 0 Å². The van der Waals surface area contributed by atoms with Crippen LogP contribution < -0.4 is 0 Å². The first-order chi connectivity index (χ1) is 4.06. The van der Waals surface area contributed by atoms with Crippen molar-refractivity contribution in [3.63, 3.8) is 0 Å². The van der Waals surface area contributed by atoms with Gasteiger partial charge in [0.1, 0.15) is 0 Å². The summed E-state index contributed by atoms with van der Waals surface area (Å²) >= 11 is 0. The van der Waals surface area contributed by atoms with Crippen LogP contribution in [0.3, 0.4) is 0 Å². The van der Waals surface area contributed by atoms with Crippen molar-refractivity contribution in [1.29, 1.82) is 0 Å². The predicted octanol–water partition coefficient (Wildman–Crippen LogP) is 2.37. The fourth-order valence-corrected chi connectivity index (χ4v) is 1.92. The van der Waals surface area contributed by atoms with E-state index in [9.17, 15) is 4.80 Å². The summed E-state index contributed by atoms with van der Waals surface area (Å²) < 4.78 is 0. The molecule has 0 aliphatic carbocycles. The van der Waals surface area contributed by atoms with Crippen molar-refractivity contribution in [1.82, 2.24) is 0 Å². The van der Waals surface area contributed by atoms with Gasteiger partial charge in [-0.15, -0.1) is 0 Å². The van der Waals surface area contributed by atoms with Crippen LogP contribution in [0.5, 0.6) is 0 Å². The molecule has 0 aromatic carbocycles. The standard InChI is InChI=1S/C7H18OSi/c1-4-5-6-7-9(2,3)8/h8H,4-7H2,1-3H3. The Balaban J connectivity index is 3.07. The minimum absolute atomic E-state index is 1.07. The highest BCUT2D eigenvalue weighted by Gasteiger charge is 2.14. The summed E-state index contributed by atoms with van der Waals surface area (Å²) in [5.41, 5.74) is 0. The molecule has 0 rings (SSSR count). The fraction of sp³-hybridized carbons (Fsp3) is 1.00. The third-order valence-corrected chi connectivity index (χ3v) is 2.97. The van der Waals surface area contributed by atoms with E-state index >= 15 is 0 Å². The predicted molar refractivity (Wildman–Crippen MR) is 44.0 cm³/mol. The number of hydrogen-bond donors (Lipinski definition) is 1. The van der Waals surface area contributed by atoms with Crippen molar-refractivity contribution in [2.45, 2.75) is 45.3 Å². The third kappa shape index (κ3) is 8.18. The molecule has 0 aliphatic heterocycles. The number of hydrogen-bond acceptors (Lipinski definition) is 1. The second kappa shape index (κ2) is 4.07. The molecule has 0 atom stereocenters. The molecule has 9 heavy (non-hydrogen) atoms. The highest BCUT2D eigenvalue weighted by molar-refractivity contribution is 6.69. The van der Waals surface area contributed by atoms with Gasteiger partial charge >= 0.3 is 0 Å². The molecule has 0 aliphatic rings. The van der Waals surface area contributed by atoms with Crippen molar-refractivity contribution in [2.24, 2.45) is 0 Å². The molecule has 0 fully saturated rings. The molecule has 0 amide bonds. The van der Waals surface area contributed by atoms with Gasteiger partial charge in [0, 0.05) is 0 Å². The average molecular weight is 146 g/mol. The summed E-state index contributed by atoms with van der Waals surface area (Å²) in [4.78, 5) is 9.38. The fourth-order valence-electron chi connectivity index (χ4n) is 0.808. The van der Waals surface area contributed by atoms with Crippen LogP contribution in [0, 0.1) is 0 Å². The lowest BCUT2D eigenvalue weighted by atomic mass is 10.3. The normalized spacial score (nSPS) is 12.0. The Kier molecular flexibility index (Phi) is 4.15. The largest absolute Gasteiger partial charge is 0.432 e. The molecule has 0 radical (unpaired) electrons. The van der Waals surface area contributed by atoms with Crippen LogP contribution in [0.15, 0.2) is 0 Å². The summed E-state index contributed by atoms with van der Waals surface area (Å²) in [6.45, 7) is 6.19. The van der Waals surface area contributed by atoms with Gasteiger partial charge in [-0.05, 0) is 19.1 Å². The highest BCUT2D eigenvalue weighted by atomic mass is 28.4. The zero-order chi connectivity index (χ0) is 7.33. The molecular formula is C7H18OSi. The molecule has 0 heterocycles. The lowest BCUT2D eigenvalue weighted by Crippen LogP contribution is -2.23. The van der Waals surface area contributed by atoms with Gasteiger partial charge in [-0.3, -0.25) is 0 Å². The van der Waals surface area contributed by atoms with Gasteiger partial charge in [-0.2, -0.15) is 0 Å². The molecule has 0 unspecified atom stereocenters. The monoisotopic (exact) mass is 146 g/mol. The van der Waals surface area contributed by atoms with Gasteiger partial charge in [-0.25, -0.2) is 0 Å². The summed E-state index contributed by atoms with van der Waals surface area (Å²) in [7, 11) is -1.69. The van der Waals surface area contributed by atoms with Gasteiger partial charge in [0.15, 0.2) is 8.32 Å². The maximum Gasteiger partial charge on any atom is 0.182 e. The third-order valence-electron chi connectivity index (χ3n) is 1.39. The van der Waals surface area contributed by atoms with Crippen molar-refractivity contribution in [2.75, 3.05) is 0 Å². The average Bonchev–Trinajstić information content (AvgIpc) is 1.63. The second-order valence-corrected chi connectivity index (χ2v) is 7.39. The Hall–Kier alpha value is 0.177. The lowest BCUT2D eigenvalue weighted by molar-refractivity contribution is 0.540. The van der Waals surface area contributed by atoms with E-state index in [1.165, 1.54) is 19.3 Å². The van der Waals surface area contributed by atoms with Gasteiger partial charge < -0.3 is 4.80 Å². The number of unbranched alkanes of at least 4 members (excludes halogenated alkanes) is 2. The summed E-state index contributed by atoms with van der Waals surface area (Å²) in [5, 5.41) is 0. The van der Waals surface area contributed by atoms with Gasteiger partial charge in [0.2, 0.25) is 0 Å². The molecule has 1 N–H and O–H groups in total. The molecular weight excluding hydrogens is 128 g/mol. The zero-order valence-electron chi connectivity index (χ0n) is 6.78. The van der Waals surface area contributed by atoms with Crippen molar-refractivity contribution in [3.8, 4) is 0 Å². The quantitative estimate of drug-likeness (QED) is 0.477. The minimum Gasteiger partial charge on any atom is -0.432 e. The molecule has 2 heteroatoms. The van der Waals surface area contributed by atoms with E-state index in [2.05, 4.69) is 6.92 Å². The molecule has 0 spiro atoms. The molecule has 0 aromatic heterocycles. The minimum atomic E-state index is -1.69. The molecule has 0 saturated heterocycles. The molecule has 56 valence electrons. The van der Waals surface area contributed by atoms with Gasteiger partial charge in [0.25, 0.3) is 0 Å². The molecule has 0 aromatic rings. The van der Waals surface area contributed by atoms with Crippen molar-refractivity contribution >= 4 is 8.32 Å². The van der Waals surface area contributed by atoms with Crippen molar-refractivity contribution < 1.29 is 4.80 Å². The first-order valence-electron chi connectivity index (χ1n) is 3.78. The summed E-state index contributed by atoms with van der Waals surface area (Å²) in [5.74, 6) is 0. The van der Waals surface area contributed by atoms with Gasteiger partial charge in [0.05, 0.1) is 0 Å². The Morgan fingerprint density at radius 1 is 1.22 bits per heavy atom. The Morgan fingerprint density at radius 2 is 1.78 bits per heavy atom. The van der Waals surface area contributed by atoms with E-state index in [-0.39, 0.29) is 0 Å². The van der Waals surface area contributed by atoms with Crippen LogP contribution in [-0.2, 0) is 0 Å². The van der Waals surface area contributed by atoms with E-state index in [0.717, 1.165) is 6.04 Å². The van der Waals surface area contributed by atoms with E-state index in [1.807, 2.05) is 13.1 Å². The van der Waals surface area contributed by atoms with Crippen LogP contribution in [0.25, 0.3) is 0 Å². The SMILES string of the molecule is CCCCC[Si](C)(C)O. The topological polar surface area (TPSA) is 20.2 Å². The summed E-state index contributed by atoms with van der Waals surface area (Å²) in [6.07, 6.45) is 3.74. The van der Waals surface area contributed by atoms with Crippen LogP contribution in [-0.4, -0.2) is 13.1 Å². The number of rotatable bonds is 4. The molecule has 0 saturated carbocycles. The first-order valence-corrected chi connectivity index (χ1v) is 6.94. The first kappa shape index (κ1) is 9.18. The van der Waals surface area contributed by atoms with E-state index in [1.54, 1.807) is 0 Å². The Bertz CT molecular complexity index is 65.8. The lowest BCUT2D eigenvalue weighted by Gasteiger charge is -2.12. The smallest absolute Gasteiger partial charge is 0.182 e. The second-order valence-electron chi connectivity index (χ2n) is 3.27. The van der Waals surface area contributed by atoms with E-state index in [4.69, 9.17) is 0 Å². The Labute approximate surface area is 59.2 Å². The maximum atomic E-state index is 9.38. The van der Waals surface area contributed by atoms with Crippen LogP contribution in [0.2, 0.25) is 19.1 Å². The van der Waals surface area contributed by atoms with Crippen LogP contribution in [0.1, 0.15) is 26.2 Å². The maximum absolute atomic E-state index is 9.38. The van der Waals surface area contributed by atoms with Gasteiger partial charge in [-0.1, -0.05) is 26.2 Å².